The molecule has 0 amide bonds. The van der Waals surface area contributed by atoms with Crippen LogP contribution in [0.4, 0.5) is 0 Å². The van der Waals surface area contributed by atoms with Gasteiger partial charge in [-0.3, -0.25) is 9.79 Å². The maximum absolute atomic E-state index is 12.3. The number of nitrogens with zero attached hydrogens (tertiary/aromatic N) is 2. The first-order valence-corrected chi connectivity index (χ1v) is 9.73. The second-order valence-electron chi connectivity index (χ2n) is 5.80. The number of carboxylic acids is 1. The molecule has 0 radical (unpaired) electrons. The van der Waals surface area contributed by atoms with Crippen LogP contribution in [0.5, 0.6) is 0 Å². The van der Waals surface area contributed by atoms with Crippen LogP contribution in [0.3, 0.4) is 0 Å². The van der Waals surface area contributed by atoms with Crippen LogP contribution >= 0.6 is 0 Å². The first kappa shape index (κ1) is 19.7. The summed E-state index contributed by atoms with van der Waals surface area (Å²) in [5, 5.41) is 10.3. The average molecular weight is 398 g/mol. The lowest BCUT2D eigenvalue weighted by atomic mass is 10.0. The van der Waals surface area contributed by atoms with Gasteiger partial charge in [0.25, 0.3) is 0 Å². The molecule has 0 aromatic heterocycles. The van der Waals surface area contributed by atoms with Gasteiger partial charge in [-0.25, -0.2) is 9.63 Å². The van der Waals surface area contributed by atoms with Crippen LogP contribution in [-0.4, -0.2) is 29.2 Å². The van der Waals surface area contributed by atoms with Gasteiger partial charge in [0.2, 0.25) is 0 Å². The van der Waals surface area contributed by atoms with Crippen LogP contribution in [0.1, 0.15) is 23.7 Å². The standard InChI is InChI=1S/C20H18N2O5S/c23-18(24)11-17-13-28(14-21-17)22-26-12-19(25)27-20(15-7-3-1-4-8-15)16-9-5-2-6-10-16/h1-10,13-14,20H,11-12H2,(H,23,24). The van der Waals surface area contributed by atoms with Gasteiger partial charge < -0.3 is 9.84 Å². The molecule has 1 aliphatic rings. The van der Waals surface area contributed by atoms with E-state index in [1.54, 1.807) is 5.41 Å². The van der Waals surface area contributed by atoms with Gasteiger partial charge in [-0.2, -0.15) is 0 Å². The zero-order chi connectivity index (χ0) is 19.8. The molecule has 8 heteroatoms. The summed E-state index contributed by atoms with van der Waals surface area (Å²) in [4.78, 5) is 32.0. The summed E-state index contributed by atoms with van der Waals surface area (Å²) in [6, 6.07) is 18.9. The van der Waals surface area contributed by atoms with Crippen molar-refractivity contribution < 1.29 is 24.3 Å². The molecule has 3 rings (SSSR count). The van der Waals surface area contributed by atoms with E-state index in [4.69, 9.17) is 14.7 Å². The molecule has 2 aromatic carbocycles. The molecule has 1 atom stereocenters. The zero-order valence-electron chi connectivity index (χ0n) is 14.8. The van der Waals surface area contributed by atoms with Crippen LogP contribution < -0.4 is 0 Å². The number of carbonyl (C=O) groups excluding carboxylic acids is 1. The van der Waals surface area contributed by atoms with E-state index in [2.05, 4.69) is 9.52 Å². The Hall–Kier alpha value is -3.10. The molecule has 2 aromatic rings. The van der Waals surface area contributed by atoms with Crippen LogP contribution in [-0.2, 0) is 29.9 Å². The Morgan fingerprint density at radius 3 is 2.21 bits per heavy atom. The molecule has 0 saturated carbocycles. The Balaban J connectivity index is 1.61. The van der Waals surface area contributed by atoms with E-state index in [1.807, 2.05) is 60.7 Å². The van der Waals surface area contributed by atoms with Crippen molar-refractivity contribution in [3.05, 3.63) is 82.9 Å². The highest BCUT2D eigenvalue weighted by atomic mass is 32.2. The van der Waals surface area contributed by atoms with Crippen molar-refractivity contribution in [1.82, 2.24) is 0 Å². The first-order chi connectivity index (χ1) is 13.6. The SMILES string of the molecule is O=C(O)CC1=CS(=NOCC(=O)OC(c2ccccc2)c2ccccc2)C=N1. The van der Waals surface area contributed by atoms with Gasteiger partial charge in [-0.1, -0.05) is 60.7 Å². The maximum Gasteiger partial charge on any atom is 0.335 e. The number of ether oxygens (including phenoxy) is 1. The van der Waals surface area contributed by atoms with Crippen molar-refractivity contribution in [2.24, 2.45) is 9.52 Å². The Bertz CT molecular complexity index is 887. The zero-order valence-corrected chi connectivity index (χ0v) is 15.6. The number of rotatable bonds is 8. The molecule has 0 spiro atoms. The third-order valence-electron chi connectivity index (χ3n) is 3.69. The van der Waals surface area contributed by atoms with E-state index < -0.39 is 28.7 Å². The van der Waals surface area contributed by atoms with E-state index in [0.29, 0.717) is 5.70 Å². The van der Waals surface area contributed by atoms with E-state index in [-0.39, 0.29) is 13.0 Å². The van der Waals surface area contributed by atoms with E-state index in [1.165, 1.54) is 5.55 Å². The minimum atomic E-state index is -0.966. The highest BCUT2D eigenvalue weighted by molar-refractivity contribution is 8.03. The van der Waals surface area contributed by atoms with Crippen molar-refractivity contribution in [3.63, 3.8) is 0 Å². The Kier molecular flexibility index (Phi) is 6.83. The third kappa shape index (κ3) is 5.70. The molecule has 0 aliphatic carbocycles. The number of hydrogen-bond acceptors (Lipinski definition) is 6. The van der Waals surface area contributed by atoms with E-state index in [9.17, 15) is 9.59 Å². The van der Waals surface area contributed by atoms with Crippen LogP contribution in [0.2, 0.25) is 0 Å². The van der Waals surface area contributed by atoms with E-state index in [0.717, 1.165) is 11.1 Å². The highest BCUT2D eigenvalue weighted by Crippen LogP contribution is 2.26. The summed E-state index contributed by atoms with van der Waals surface area (Å²) in [6.07, 6.45) is -0.719. The van der Waals surface area contributed by atoms with Crippen LogP contribution in [0, 0.1) is 0 Å². The molecule has 7 nitrogen and oxygen atoms in total. The largest absolute Gasteiger partial charge is 0.481 e. The molecule has 1 N–H and O–H groups in total. The van der Waals surface area contributed by atoms with Crippen molar-refractivity contribution in [1.29, 1.82) is 0 Å². The van der Waals surface area contributed by atoms with Gasteiger partial charge in [0.05, 0.1) is 17.7 Å². The summed E-state index contributed by atoms with van der Waals surface area (Å²) in [5.41, 5.74) is 3.61. The van der Waals surface area contributed by atoms with Gasteiger partial charge in [-0.05, 0) is 11.1 Å². The van der Waals surface area contributed by atoms with Gasteiger partial charge in [0.1, 0.15) is 0 Å². The fourth-order valence-corrected chi connectivity index (χ4v) is 3.48. The topological polar surface area (TPSA) is 97.6 Å². The van der Waals surface area contributed by atoms with Crippen molar-refractivity contribution in [2.75, 3.05) is 6.61 Å². The average Bonchev–Trinajstić information content (AvgIpc) is 3.14. The summed E-state index contributed by atoms with van der Waals surface area (Å²) >= 11 is 0. The van der Waals surface area contributed by atoms with E-state index >= 15 is 0 Å². The summed E-state index contributed by atoms with van der Waals surface area (Å²) in [5.74, 6) is -1.53. The lowest BCUT2D eigenvalue weighted by Gasteiger charge is -2.18. The number of esters is 1. The number of aliphatic carboxylic acids is 1. The fraction of sp³-hybridized carbons (Fsp3) is 0.150. The lowest BCUT2D eigenvalue weighted by Crippen LogP contribution is -2.16. The molecule has 1 unspecified atom stereocenters. The van der Waals surface area contributed by atoms with Crippen LogP contribution in [0.15, 0.2) is 81.3 Å². The third-order valence-corrected chi connectivity index (χ3v) is 4.80. The molecule has 0 saturated heterocycles. The summed E-state index contributed by atoms with van der Waals surface area (Å²) < 4.78 is 9.50. The molecular formula is C20H18N2O5S. The minimum absolute atomic E-state index is 0.173. The maximum atomic E-state index is 12.3. The number of hydrogen-bond donors (Lipinski definition) is 1. The predicted octanol–water partition coefficient (Wildman–Crippen LogP) is 3.41. The second-order valence-corrected chi connectivity index (χ2v) is 7.09. The molecule has 0 fully saturated rings. The first-order valence-electron chi connectivity index (χ1n) is 8.43. The monoisotopic (exact) mass is 398 g/mol. The van der Waals surface area contributed by atoms with Crippen molar-refractivity contribution in [3.8, 4) is 0 Å². The van der Waals surface area contributed by atoms with Gasteiger partial charge in [0.15, 0.2) is 12.7 Å². The Labute approximate surface area is 164 Å². The normalized spacial score (nSPS) is 15.6. The second kappa shape index (κ2) is 9.72. The molecular weight excluding hydrogens is 380 g/mol. The smallest absolute Gasteiger partial charge is 0.335 e. The quantitative estimate of drug-likeness (QED) is 0.543. The van der Waals surface area contributed by atoms with Gasteiger partial charge >= 0.3 is 11.9 Å². The predicted molar refractivity (Wildman–Crippen MR) is 105 cm³/mol. The molecule has 144 valence electrons. The fourth-order valence-electron chi connectivity index (χ4n) is 2.49. The van der Waals surface area contributed by atoms with Gasteiger partial charge in [-0.15, -0.1) is 4.53 Å². The van der Waals surface area contributed by atoms with Crippen LogP contribution in [0.25, 0.3) is 0 Å². The molecule has 28 heavy (non-hydrogen) atoms. The number of benzene rings is 2. The number of carbonyl (C=O) groups is 2. The molecule has 0 bridgehead atoms. The summed E-state index contributed by atoms with van der Waals surface area (Å²) in [6.45, 7) is -0.352. The van der Waals surface area contributed by atoms with Crippen molar-refractivity contribution >= 4 is 28.2 Å². The number of carboxylic acid groups (broad SMARTS) is 1. The van der Waals surface area contributed by atoms with Gasteiger partial charge in [0, 0.05) is 16.1 Å². The Morgan fingerprint density at radius 2 is 1.64 bits per heavy atom. The molecule has 1 aliphatic heterocycles. The summed E-state index contributed by atoms with van der Waals surface area (Å²) in [7, 11) is -0.797. The van der Waals surface area contributed by atoms with Crippen molar-refractivity contribution in [2.45, 2.75) is 12.5 Å². The number of aliphatic imine (C=N–C) groups is 1. The Morgan fingerprint density at radius 1 is 1.04 bits per heavy atom. The minimum Gasteiger partial charge on any atom is -0.481 e. The highest BCUT2D eigenvalue weighted by Gasteiger charge is 2.19. The lowest BCUT2D eigenvalue weighted by molar-refractivity contribution is -0.152. The molecule has 1 heterocycles.